The molecule has 0 aliphatic carbocycles. The lowest BCUT2D eigenvalue weighted by molar-refractivity contribution is 0.318. The first-order valence-electron chi connectivity index (χ1n) is 5.31. The van der Waals surface area contributed by atoms with E-state index in [1.165, 1.54) is 6.07 Å². The molecule has 1 aromatic rings. The molecule has 0 aliphatic rings. The van der Waals surface area contributed by atoms with Crippen molar-refractivity contribution in [3.8, 4) is 0 Å². The average Bonchev–Trinajstić information content (AvgIpc) is 2.28. The molecule has 9 heteroatoms. The van der Waals surface area contributed by atoms with Crippen LogP contribution in [0.5, 0.6) is 0 Å². The van der Waals surface area contributed by atoms with Gasteiger partial charge < -0.3 is 15.9 Å². The van der Waals surface area contributed by atoms with Crippen LogP contribution in [0.1, 0.15) is 0 Å². The molecule has 0 saturated carbocycles. The van der Waals surface area contributed by atoms with Crippen molar-refractivity contribution in [3.05, 3.63) is 18.2 Å². The summed E-state index contributed by atoms with van der Waals surface area (Å²) in [5.74, 6) is -1.18. The van der Waals surface area contributed by atoms with Crippen molar-refractivity contribution < 1.29 is 27.0 Å². The topological polar surface area (TPSA) is 135 Å². The molecular formula is C10H15NO6S2. The molecule has 0 aliphatic heterocycles. The summed E-state index contributed by atoms with van der Waals surface area (Å²) < 4.78 is 47.6. The van der Waals surface area contributed by atoms with Gasteiger partial charge in [-0.1, -0.05) is 0 Å². The van der Waals surface area contributed by atoms with Crippen molar-refractivity contribution in [1.82, 2.24) is 0 Å². The number of sulfone groups is 2. The minimum atomic E-state index is -3.96. The van der Waals surface area contributed by atoms with Gasteiger partial charge in [-0.3, -0.25) is 0 Å². The fourth-order valence-corrected chi connectivity index (χ4v) is 4.50. The second kappa shape index (κ2) is 5.87. The quantitative estimate of drug-likeness (QED) is 0.562. The van der Waals surface area contributed by atoms with Crippen LogP contribution in [0.2, 0.25) is 0 Å². The van der Waals surface area contributed by atoms with Gasteiger partial charge >= 0.3 is 0 Å². The summed E-state index contributed by atoms with van der Waals surface area (Å²) in [5, 5.41) is 17.5. The lowest BCUT2D eigenvalue weighted by Crippen LogP contribution is -2.18. The van der Waals surface area contributed by atoms with Gasteiger partial charge in [0, 0.05) is 5.69 Å². The first-order chi connectivity index (χ1) is 8.74. The number of benzene rings is 1. The monoisotopic (exact) mass is 309 g/mol. The standard InChI is InChI=1S/C10H15NO6S2/c11-8-1-2-9(18(14,15)5-3-12)10(7-8)19(16,17)6-4-13/h1-2,7,12-13H,3-6,11H2. The largest absolute Gasteiger partial charge is 0.399 e. The molecule has 7 nitrogen and oxygen atoms in total. The highest BCUT2D eigenvalue weighted by molar-refractivity contribution is 7.94. The SMILES string of the molecule is Nc1ccc(S(=O)(=O)CCO)c(S(=O)(=O)CCO)c1. The number of rotatable bonds is 6. The minimum Gasteiger partial charge on any atom is -0.399 e. The molecule has 0 fully saturated rings. The Kier molecular flexibility index (Phi) is 4.91. The average molecular weight is 309 g/mol. The van der Waals surface area contributed by atoms with Crippen LogP contribution in [0.4, 0.5) is 5.69 Å². The maximum Gasteiger partial charge on any atom is 0.181 e. The van der Waals surface area contributed by atoms with E-state index in [2.05, 4.69) is 0 Å². The third-order valence-electron chi connectivity index (χ3n) is 2.36. The second-order valence-electron chi connectivity index (χ2n) is 3.79. The summed E-state index contributed by atoms with van der Waals surface area (Å²) >= 11 is 0. The molecule has 0 spiro atoms. The van der Waals surface area contributed by atoms with Crippen molar-refractivity contribution in [2.24, 2.45) is 0 Å². The van der Waals surface area contributed by atoms with E-state index < -0.39 is 54.2 Å². The van der Waals surface area contributed by atoms with Crippen LogP contribution in [0, 0.1) is 0 Å². The van der Waals surface area contributed by atoms with Crippen LogP contribution in [0.3, 0.4) is 0 Å². The van der Waals surface area contributed by atoms with Gasteiger partial charge in [0.05, 0.1) is 34.5 Å². The van der Waals surface area contributed by atoms with Crippen molar-refractivity contribution in [1.29, 1.82) is 0 Å². The Hall–Kier alpha value is -1.16. The highest BCUT2D eigenvalue weighted by Gasteiger charge is 2.26. The minimum absolute atomic E-state index is 0.0967. The van der Waals surface area contributed by atoms with Crippen LogP contribution in [0.25, 0.3) is 0 Å². The zero-order chi connectivity index (χ0) is 14.7. The summed E-state index contributed by atoms with van der Waals surface area (Å²) in [6, 6.07) is 3.39. The maximum absolute atomic E-state index is 11.9. The van der Waals surface area contributed by atoms with Gasteiger partial charge in [-0.05, 0) is 18.2 Å². The molecule has 0 saturated heterocycles. The van der Waals surface area contributed by atoms with Crippen LogP contribution < -0.4 is 5.73 Å². The Bertz CT molecular complexity index is 651. The van der Waals surface area contributed by atoms with Crippen molar-refractivity contribution in [3.63, 3.8) is 0 Å². The number of anilines is 1. The van der Waals surface area contributed by atoms with Gasteiger partial charge in [0.25, 0.3) is 0 Å². The zero-order valence-corrected chi connectivity index (χ0v) is 11.6. The van der Waals surface area contributed by atoms with Crippen LogP contribution in [0.15, 0.2) is 28.0 Å². The maximum atomic E-state index is 11.9. The van der Waals surface area contributed by atoms with E-state index in [0.717, 1.165) is 12.1 Å². The number of aliphatic hydroxyl groups excluding tert-OH is 2. The van der Waals surface area contributed by atoms with E-state index in [4.69, 9.17) is 15.9 Å². The Morgan fingerprint density at radius 3 is 1.84 bits per heavy atom. The Morgan fingerprint density at radius 1 is 0.895 bits per heavy atom. The number of nitrogens with two attached hydrogens (primary N) is 1. The Labute approximate surface area is 111 Å². The van der Waals surface area contributed by atoms with Gasteiger partial charge in [-0.15, -0.1) is 0 Å². The second-order valence-corrected chi connectivity index (χ2v) is 7.95. The van der Waals surface area contributed by atoms with E-state index in [1.807, 2.05) is 0 Å². The molecule has 1 aromatic carbocycles. The third kappa shape index (κ3) is 3.66. The van der Waals surface area contributed by atoms with E-state index in [0.29, 0.717) is 0 Å². The first kappa shape index (κ1) is 15.9. The van der Waals surface area contributed by atoms with Crippen molar-refractivity contribution in [2.75, 3.05) is 30.5 Å². The van der Waals surface area contributed by atoms with Gasteiger partial charge in [0.2, 0.25) is 0 Å². The summed E-state index contributed by atoms with van der Waals surface area (Å²) in [6.07, 6.45) is 0. The molecular weight excluding hydrogens is 294 g/mol. The Balaban J connectivity index is 3.52. The number of nitrogen functional groups attached to an aromatic ring is 1. The van der Waals surface area contributed by atoms with Crippen LogP contribution >= 0.6 is 0 Å². The fourth-order valence-electron chi connectivity index (χ4n) is 1.48. The van der Waals surface area contributed by atoms with E-state index in [-0.39, 0.29) is 5.69 Å². The van der Waals surface area contributed by atoms with Crippen LogP contribution in [-0.2, 0) is 19.7 Å². The number of hydrogen-bond acceptors (Lipinski definition) is 7. The molecule has 1 rings (SSSR count). The van der Waals surface area contributed by atoms with E-state index >= 15 is 0 Å². The molecule has 108 valence electrons. The van der Waals surface area contributed by atoms with E-state index in [1.54, 1.807) is 0 Å². The molecule has 19 heavy (non-hydrogen) atoms. The van der Waals surface area contributed by atoms with Gasteiger partial charge in [0.15, 0.2) is 19.7 Å². The molecule has 0 amide bonds. The summed E-state index contributed by atoms with van der Waals surface area (Å²) in [4.78, 5) is -0.862. The lowest BCUT2D eigenvalue weighted by Gasteiger charge is -2.11. The molecule has 0 bridgehead atoms. The predicted molar refractivity (Wildman–Crippen MR) is 69.1 cm³/mol. The summed E-state index contributed by atoms with van der Waals surface area (Å²) in [5.41, 5.74) is 5.56. The molecule has 0 unspecified atom stereocenters. The smallest absolute Gasteiger partial charge is 0.181 e. The van der Waals surface area contributed by atoms with Gasteiger partial charge in [0.1, 0.15) is 0 Å². The number of aliphatic hydroxyl groups is 2. The summed E-state index contributed by atoms with van der Waals surface area (Å²) in [6.45, 7) is -1.25. The fraction of sp³-hybridized carbons (Fsp3) is 0.400. The highest BCUT2D eigenvalue weighted by Crippen LogP contribution is 2.25. The van der Waals surface area contributed by atoms with Crippen LogP contribution in [-0.4, -0.2) is 51.8 Å². The zero-order valence-electron chi connectivity index (χ0n) is 9.98. The third-order valence-corrected chi connectivity index (χ3v) is 5.96. The molecule has 0 radical (unpaired) electrons. The Morgan fingerprint density at radius 2 is 1.37 bits per heavy atom. The van der Waals surface area contributed by atoms with Crippen molar-refractivity contribution >= 4 is 25.4 Å². The van der Waals surface area contributed by atoms with E-state index in [9.17, 15) is 16.8 Å². The molecule has 4 N–H and O–H groups in total. The summed E-state index contributed by atoms with van der Waals surface area (Å²) in [7, 11) is -7.88. The molecule has 0 heterocycles. The normalized spacial score (nSPS) is 12.5. The molecule has 0 aromatic heterocycles. The first-order valence-corrected chi connectivity index (χ1v) is 8.62. The van der Waals surface area contributed by atoms with Gasteiger partial charge in [-0.2, -0.15) is 0 Å². The lowest BCUT2D eigenvalue weighted by atomic mass is 10.3. The van der Waals surface area contributed by atoms with Crippen molar-refractivity contribution in [2.45, 2.75) is 9.79 Å². The number of hydrogen-bond donors (Lipinski definition) is 3. The highest BCUT2D eigenvalue weighted by atomic mass is 32.2. The van der Waals surface area contributed by atoms with Gasteiger partial charge in [-0.25, -0.2) is 16.8 Å². The predicted octanol–water partition coefficient (Wildman–Crippen LogP) is -1.20. The molecule has 0 atom stereocenters.